The summed E-state index contributed by atoms with van der Waals surface area (Å²) in [4.78, 5) is 16.0. The zero-order valence-electron chi connectivity index (χ0n) is 15.3. The molecular weight excluding hydrogens is 412 g/mol. The molecule has 3 rings (SSSR count). The summed E-state index contributed by atoms with van der Waals surface area (Å²) in [6.45, 7) is 1.24. The number of nitrogens with zero attached hydrogens (tertiary/aromatic N) is 1. The standard InChI is InChI=1S/C20H19ClF4N2O2/c21-18-14(2-1-3-16(18)22)19(28)27-11-15(12-6-8-29-9-7-12)13-4-5-17(26-10-13)20(23,24)25/h1-5,10,12,15H,6-9,11H2,(H,27,28). The number of carbonyl (C=O) groups excluding carboxylic acids is 1. The summed E-state index contributed by atoms with van der Waals surface area (Å²) in [5.74, 6) is -1.41. The highest BCUT2D eigenvalue weighted by molar-refractivity contribution is 6.34. The molecule has 1 atom stereocenters. The number of nitrogens with one attached hydrogen (secondary N) is 1. The van der Waals surface area contributed by atoms with Crippen LogP contribution in [0.3, 0.4) is 0 Å². The van der Waals surface area contributed by atoms with Gasteiger partial charge in [-0.2, -0.15) is 13.2 Å². The number of hydrogen-bond acceptors (Lipinski definition) is 3. The van der Waals surface area contributed by atoms with Crippen molar-refractivity contribution >= 4 is 17.5 Å². The van der Waals surface area contributed by atoms with Gasteiger partial charge in [0.2, 0.25) is 0 Å². The van der Waals surface area contributed by atoms with Crippen LogP contribution in [-0.4, -0.2) is 30.6 Å². The van der Waals surface area contributed by atoms with Crippen molar-refractivity contribution in [3.8, 4) is 0 Å². The third-order valence-electron chi connectivity index (χ3n) is 5.02. The highest BCUT2D eigenvalue weighted by Gasteiger charge is 2.33. The lowest BCUT2D eigenvalue weighted by Crippen LogP contribution is -2.34. The summed E-state index contributed by atoms with van der Waals surface area (Å²) in [7, 11) is 0. The maximum Gasteiger partial charge on any atom is 0.433 e. The van der Waals surface area contributed by atoms with Crippen LogP contribution in [0.2, 0.25) is 5.02 Å². The van der Waals surface area contributed by atoms with Gasteiger partial charge in [-0.1, -0.05) is 23.7 Å². The number of carbonyl (C=O) groups is 1. The molecule has 0 aliphatic carbocycles. The Bertz CT molecular complexity index is 853. The highest BCUT2D eigenvalue weighted by atomic mass is 35.5. The number of aromatic nitrogens is 1. The van der Waals surface area contributed by atoms with Gasteiger partial charge < -0.3 is 10.1 Å². The Kier molecular flexibility index (Phi) is 6.74. The molecule has 1 aliphatic rings. The fourth-order valence-electron chi connectivity index (χ4n) is 3.44. The highest BCUT2D eigenvalue weighted by Crippen LogP contribution is 2.33. The summed E-state index contributed by atoms with van der Waals surface area (Å²) in [6.07, 6.45) is -1.90. The van der Waals surface area contributed by atoms with E-state index in [1.165, 1.54) is 24.4 Å². The van der Waals surface area contributed by atoms with Gasteiger partial charge in [-0.15, -0.1) is 0 Å². The Morgan fingerprint density at radius 3 is 2.59 bits per heavy atom. The minimum atomic E-state index is -4.52. The minimum absolute atomic E-state index is 0.00272. The van der Waals surface area contributed by atoms with Gasteiger partial charge >= 0.3 is 6.18 Å². The van der Waals surface area contributed by atoms with Crippen LogP contribution in [0, 0.1) is 11.7 Å². The molecule has 1 aromatic carbocycles. The van der Waals surface area contributed by atoms with Crippen LogP contribution in [0.25, 0.3) is 0 Å². The lowest BCUT2D eigenvalue weighted by atomic mass is 9.81. The molecule has 1 N–H and O–H groups in total. The van der Waals surface area contributed by atoms with E-state index in [-0.39, 0.29) is 29.0 Å². The van der Waals surface area contributed by atoms with E-state index < -0.39 is 23.6 Å². The number of ether oxygens (including phenoxy) is 1. The second-order valence-corrected chi connectivity index (χ2v) is 7.22. The normalized spacial score (nSPS) is 16.4. The molecule has 0 radical (unpaired) electrons. The molecule has 1 unspecified atom stereocenters. The first-order valence-electron chi connectivity index (χ1n) is 9.10. The van der Waals surface area contributed by atoms with Crippen molar-refractivity contribution in [2.24, 2.45) is 5.92 Å². The maximum atomic E-state index is 13.6. The van der Waals surface area contributed by atoms with Crippen molar-refractivity contribution in [2.45, 2.75) is 24.9 Å². The van der Waals surface area contributed by atoms with E-state index in [1.807, 2.05) is 0 Å². The topological polar surface area (TPSA) is 51.2 Å². The van der Waals surface area contributed by atoms with Crippen LogP contribution in [0.5, 0.6) is 0 Å². The lowest BCUT2D eigenvalue weighted by molar-refractivity contribution is -0.141. The summed E-state index contributed by atoms with van der Waals surface area (Å²) in [5.41, 5.74) is -0.374. The second-order valence-electron chi connectivity index (χ2n) is 6.84. The zero-order chi connectivity index (χ0) is 21.0. The lowest BCUT2D eigenvalue weighted by Gasteiger charge is -2.31. The SMILES string of the molecule is O=C(NCC(c1ccc(C(F)(F)F)nc1)C1CCOCC1)c1cccc(F)c1Cl. The average molecular weight is 431 g/mol. The number of benzene rings is 1. The van der Waals surface area contributed by atoms with Gasteiger partial charge in [-0.05, 0) is 42.5 Å². The molecule has 0 bridgehead atoms. The van der Waals surface area contributed by atoms with Crippen molar-refractivity contribution in [1.29, 1.82) is 0 Å². The number of halogens is 5. The van der Waals surface area contributed by atoms with Gasteiger partial charge in [0.15, 0.2) is 0 Å². The van der Waals surface area contributed by atoms with E-state index in [0.29, 0.717) is 31.6 Å². The first-order chi connectivity index (χ1) is 13.8. The molecule has 1 aliphatic heterocycles. The molecule has 9 heteroatoms. The van der Waals surface area contributed by atoms with E-state index in [1.54, 1.807) is 0 Å². The fraction of sp³-hybridized carbons (Fsp3) is 0.400. The molecule has 1 amide bonds. The monoisotopic (exact) mass is 430 g/mol. The summed E-state index contributed by atoms with van der Waals surface area (Å²) in [6, 6.07) is 6.26. The van der Waals surface area contributed by atoms with Crippen LogP contribution in [0.1, 0.15) is 40.4 Å². The smallest absolute Gasteiger partial charge is 0.381 e. The van der Waals surface area contributed by atoms with E-state index >= 15 is 0 Å². The largest absolute Gasteiger partial charge is 0.433 e. The van der Waals surface area contributed by atoms with Crippen molar-refractivity contribution in [1.82, 2.24) is 10.3 Å². The number of hydrogen-bond donors (Lipinski definition) is 1. The van der Waals surface area contributed by atoms with E-state index in [0.717, 1.165) is 12.1 Å². The Labute approximate surface area is 170 Å². The molecule has 0 saturated carbocycles. The predicted octanol–water partition coefficient (Wildman–Crippen LogP) is 4.83. The Hall–Kier alpha value is -2.19. The summed E-state index contributed by atoms with van der Waals surface area (Å²) < 4.78 is 57.4. The predicted molar refractivity (Wildman–Crippen MR) is 99.3 cm³/mol. The van der Waals surface area contributed by atoms with Crippen molar-refractivity contribution < 1.29 is 27.1 Å². The van der Waals surface area contributed by atoms with Gasteiger partial charge in [0.25, 0.3) is 5.91 Å². The maximum absolute atomic E-state index is 13.6. The van der Waals surface area contributed by atoms with Crippen molar-refractivity contribution in [3.05, 3.63) is 64.2 Å². The number of rotatable bonds is 5. The average Bonchev–Trinajstić information content (AvgIpc) is 2.70. The van der Waals surface area contributed by atoms with Crippen molar-refractivity contribution in [2.75, 3.05) is 19.8 Å². The van der Waals surface area contributed by atoms with Gasteiger partial charge in [0, 0.05) is 31.9 Å². The summed E-state index contributed by atoms with van der Waals surface area (Å²) >= 11 is 5.86. The molecule has 2 heterocycles. The van der Waals surface area contributed by atoms with E-state index in [4.69, 9.17) is 16.3 Å². The number of amides is 1. The molecule has 1 fully saturated rings. The van der Waals surface area contributed by atoms with E-state index in [9.17, 15) is 22.4 Å². The Morgan fingerprint density at radius 2 is 1.97 bits per heavy atom. The summed E-state index contributed by atoms with van der Waals surface area (Å²) in [5, 5.41) is 2.45. The van der Waals surface area contributed by atoms with Gasteiger partial charge in [0.05, 0.1) is 10.6 Å². The first-order valence-corrected chi connectivity index (χ1v) is 9.48. The molecule has 4 nitrogen and oxygen atoms in total. The molecular formula is C20H19ClF4N2O2. The van der Waals surface area contributed by atoms with Crippen LogP contribution < -0.4 is 5.32 Å². The molecule has 0 spiro atoms. The third-order valence-corrected chi connectivity index (χ3v) is 5.40. The third kappa shape index (κ3) is 5.25. The van der Waals surface area contributed by atoms with Gasteiger partial charge in [0.1, 0.15) is 11.5 Å². The number of alkyl halides is 3. The molecule has 2 aromatic rings. The van der Waals surface area contributed by atoms with Gasteiger partial charge in [-0.25, -0.2) is 4.39 Å². The number of pyridine rings is 1. The van der Waals surface area contributed by atoms with Crippen LogP contribution in [0.4, 0.5) is 17.6 Å². The van der Waals surface area contributed by atoms with Crippen molar-refractivity contribution in [3.63, 3.8) is 0 Å². The van der Waals surface area contributed by atoms with E-state index in [2.05, 4.69) is 10.3 Å². The molecule has 29 heavy (non-hydrogen) atoms. The quantitative estimate of drug-likeness (QED) is 0.691. The Morgan fingerprint density at radius 1 is 1.24 bits per heavy atom. The van der Waals surface area contributed by atoms with Crippen LogP contribution in [-0.2, 0) is 10.9 Å². The minimum Gasteiger partial charge on any atom is -0.381 e. The van der Waals surface area contributed by atoms with Gasteiger partial charge in [-0.3, -0.25) is 9.78 Å². The Balaban J connectivity index is 1.79. The molecule has 1 aromatic heterocycles. The molecule has 156 valence electrons. The fourth-order valence-corrected chi connectivity index (χ4v) is 3.66. The first kappa shape index (κ1) is 21.5. The van der Waals surface area contributed by atoms with Crippen LogP contribution in [0.15, 0.2) is 36.5 Å². The van der Waals surface area contributed by atoms with Crippen LogP contribution >= 0.6 is 11.6 Å². The second kappa shape index (κ2) is 9.09. The zero-order valence-corrected chi connectivity index (χ0v) is 16.1. The molecule has 1 saturated heterocycles.